The van der Waals surface area contributed by atoms with Gasteiger partial charge in [-0.25, -0.2) is 0 Å². The van der Waals surface area contributed by atoms with Gasteiger partial charge in [0, 0.05) is 16.5 Å². The maximum atomic E-state index is 12.9. The molecule has 6 heteroatoms. The van der Waals surface area contributed by atoms with Crippen LogP contribution in [0.15, 0.2) is 58.3 Å². The summed E-state index contributed by atoms with van der Waals surface area (Å²) >= 11 is 7.23. The number of rotatable bonds is 6. The van der Waals surface area contributed by atoms with Crippen molar-refractivity contribution in [1.82, 2.24) is 4.90 Å². The number of thioether (sulfide) groups is 1. The molecule has 0 aromatic heterocycles. The Morgan fingerprint density at radius 1 is 1.00 bits per heavy atom. The fourth-order valence-electron chi connectivity index (χ4n) is 2.71. The fourth-order valence-corrected chi connectivity index (χ4v) is 3.85. The first kappa shape index (κ1) is 18.5. The molecule has 0 saturated heterocycles. The average molecular weight is 388 g/mol. The monoisotopic (exact) mass is 387 g/mol. The third-order valence-corrected chi connectivity index (χ3v) is 5.33. The minimum Gasteiger partial charge on any atom is -0.497 e. The third kappa shape index (κ3) is 3.64. The minimum absolute atomic E-state index is 0.248. The van der Waals surface area contributed by atoms with Gasteiger partial charge in [-0.3, -0.25) is 14.5 Å². The summed E-state index contributed by atoms with van der Waals surface area (Å²) in [5.41, 5.74) is 1.14. The standard InChI is InChI=1S/C20H18ClNO3S/c1-3-12-22-19(23)17(13-4-8-15(25-2)9-5-13)18(20(22)24)26-16-10-6-14(21)7-11-16/h4-11H,3,12H2,1-2H3. The Balaban J connectivity index is 2.04. The highest BCUT2D eigenvalue weighted by molar-refractivity contribution is 8.04. The van der Waals surface area contributed by atoms with Gasteiger partial charge in [0.2, 0.25) is 0 Å². The first-order valence-electron chi connectivity index (χ1n) is 8.23. The summed E-state index contributed by atoms with van der Waals surface area (Å²) in [5.74, 6) is 0.199. The van der Waals surface area contributed by atoms with Crippen molar-refractivity contribution >= 4 is 40.8 Å². The van der Waals surface area contributed by atoms with Crippen LogP contribution in [-0.2, 0) is 9.59 Å². The highest BCUT2D eigenvalue weighted by atomic mass is 35.5. The molecule has 2 aromatic carbocycles. The number of amides is 2. The van der Waals surface area contributed by atoms with Crippen LogP contribution in [0.3, 0.4) is 0 Å². The lowest BCUT2D eigenvalue weighted by atomic mass is 10.1. The van der Waals surface area contributed by atoms with E-state index in [2.05, 4.69) is 0 Å². The van der Waals surface area contributed by atoms with E-state index in [-0.39, 0.29) is 11.8 Å². The van der Waals surface area contributed by atoms with Crippen molar-refractivity contribution in [3.8, 4) is 5.75 Å². The molecule has 134 valence electrons. The van der Waals surface area contributed by atoms with E-state index in [1.165, 1.54) is 16.7 Å². The van der Waals surface area contributed by atoms with Gasteiger partial charge in [-0.15, -0.1) is 0 Å². The molecule has 0 radical (unpaired) electrons. The molecule has 2 aromatic rings. The number of hydrogen-bond acceptors (Lipinski definition) is 4. The van der Waals surface area contributed by atoms with E-state index in [0.29, 0.717) is 39.8 Å². The van der Waals surface area contributed by atoms with Gasteiger partial charge in [-0.1, -0.05) is 42.4 Å². The first-order valence-corrected chi connectivity index (χ1v) is 9.43. The van der Waals surface area contributed by atoms with Crippen molar-refractivity contribution < 1.29 is 14.3 Å². The van der Waals surface area contributed by atoms with Crippen LogP contribution >= 0.6 is 23.4 Å². The van der Waals surface area contributed by atoms with Gasteiger partial charge in [-0.2, -0.15) is 0 Å². The highest BCUT2D eigenvalue weighted by Crippen LogP contribution is 2.40. The SMILES string of the molecule is CCCN1C(=O)C(Sc2ccc(Cl)cc2)=C(c2ccc(OC)cc2)C1=O. The molecule has 0 saturated carbocycles. The van der Waals surface area contributed by atoms with E-state index < -0.39 is 0 Å². The van der Waals surface area contributed by atoms with E-state index in [4.69, 9.17) is 16.3 Å². The lowest BCUT2D eigenvalue weighted by molar-refractivity contribution is -0.136. The maximum absolute atomic E-state index is 12.9. The van der Waals surface area contributed by atoms with Gasteiger partial charge in [0.05, 0.1) is 17.6 Å². The largest absolute Gasteiger partial charge is 0.497 e. The molecule has 1 aliphatic heterocycles. The predicted molar refractivity (Wildman–Crippen MR) is 104 cm³/mol. The van der Waals surface area contributed by atoms with Crippen LogP contribution < -0.4 is 4.74 Å². The quantitative estimate of drug-likeness (QED) is 0.678. The zero-order valence-electron chi connectivity index (χ0n) is 14.5. The van der Waals surface area contributed by atoms with Crippen LogP contribution in [0.2, 0.25) is 5.02 Å². The van der Waals surface area contributed by atoms with Crippen molar-refractivity contribution in [2.45, 2.75) is 18.2 Å². The molecule has 1 aliphatic rings. The Hall–Kier alpha value is -2.24. The fraction of sp³-hybridized carbons (Fsp3) is 0.200. The number of halogens is 1. The van der Waals surface area contributed by atoms with E-state index in [9.17, 15) is 9.59 Å². The van der Waals surface area contributed by atoms with Gasteiger partial charge < -0.3 is 4.74 Å². The zero-order valence-corrected chi connectivity index (χ0v) is 16.1. The third-order valence-electron chi connectivity index (χ3n) is 3.98. The molecule has 0 aliphatic carbocycles. The summed E-state index contributed by atoms with van der Waals surface area (Å²) in [4.78, 5) is 28.4. The Labute approximate surface area is 161 Å². The number of benzene rings is 2. The lowest BCUT2D eigenvalue weighted by Crippen LogP contribution is -2.32. The molecule has 0 N–H and O–H groups in total. The summed E-state index contributed by atoms with van der Waals surface area (Å²) in [6.07, 6.45) is 0.715. The highest BCUT2D eigenvalue weighted by Gasteiger charge is 2.38. The molecule has 26 heavy (non-hydrogen) atoms. The molecule has 0 fully saturated rings. The minimum atomic E-state index is -0.251. The van der Waals surface area contributed by atoms with Crippen molar-refractivity contribution in [2.75, 3.05) is 13.7 Å². The molecular weight excluding hydrogens is 370 g/mol. The van der Waals surface area contributed by atoms with E-state index in [0.717, 1.165) is 4.90 Å². The van der Waals surface area contributed by atoms with Gasteiger partial charge in [0.25, 0.3) is 11.8 Å². The maximum Gasteiger partial charge on any atom is 0.268 e. The van der Waals surface area contributed by atoms with Crippen molar-refractivity contribution in [1.29, 1.82) is 0 Å². The number of hydrogen-bond donors (Lipinski definition) is 0. The van der Waals surface area contributed by atoms with Crippen molar-refractivity contribution in [2.24, 2.45) is 0 Å². The lowest BCUT2D eigenvalue weighted by Gasteiger charge is -2.13. The second-order valence-electron chi connectivity index (χ2n) is 5.75. The zero-order chi connectivity index (χ0) is 18.7. The van der Waals surface area contributed by atoms with Crippen molar-refractivity contribution in [3.63, 3.8) is 0 Å². The second-order valence-corrected chi connectivity index (χ2v) is 7.27. The van der Waals surface area contributed by atoms with Crippen molar-refractivity contribution in [3.05, 3.63) is 64.0 Å². The van der Waals surface area contributed by atoms with Gasteiger partial charge >= 0.3 is 0 Å². The molecular formula is C20H18ClNO3S. The molecule has 1 heterocycles. The molecule has 2 amide bonds. The van der Waals surface area contributed by atoms with Crippen LogP contribution in [-0.4, -0.2) is 30.4 Å². The summed E-state index contributed by atoms with van der Waals surface area (Å²) in [5, 5.41) is 0.625. The van der Waals surface area contributed by atoms with Crippen LogP contribution in [0.25, 0.3) is 5.57 Å². The molecule has 0 bridgehead atoms. The normalized spacial score (nSPS) is 14.3. The van der Waals surface area contributed by atoms with Crippen LogP contribution in [0.1, 0.15) is 18.9 Å². The number of ether oxygens (including phenoxy) is 1. The molecule has 4 nitrogen and oxygen atoms in total. The Morgan fingerprint density at radius 2 is 1.65 bits per heavy atom. The van der Waals surface area contributed by atoms with E-state index in [1.807, 2.05) is 19.1 Å². The first-order chi connectivity index (χ1) is 12.5. The number of methoxy groups -OCH3 is 1. The summed E-state index contributed by atoms with van der Waals surface area (Å²) < 4.78 is 5.18. The van der Waals surface area contributed by atoms with Gasteiger partial charge in [-0.05, 0) is 48.4 Å². The topological polar surface area (TPSA) is 46.6 Å². The Morgan fingerprint density at radius 3 is 2.23 bits per heavy atom. The summed E-state index contributed by atoms with van der Waals surface area (Å²) in [6.45, 7) is 2.35. The molecule has 0 atom stereocenters. The number of imide groups is 1. The molecule has 3 rings (SSSR count). The number of carbonyl (C=O) groups excluding carboxylic acids is 2. The van der Waals surface area contributed by atoms with Crippen LogP contribution in [0.5, 0.6) is 5.75 Å². The Kier molecular flexibility index (Phi) is 5.69. The van der Waals surface area contributed by atoms with Crippen LogP contribution in [0, 0.1) is 0 Å². The van der Waals surface area contributed by atoms with Gasteiger partial charge in [0.1, 0.15) is 5.75 Å². The van der Waals surface area contributed by atoms with Crippen LogP contribution in [0.4, 0.5) is 0 Å². The predicted octanol–water partition coefficient (Wildman–Crippen LogP) is 4.63. The smallest absolute Gasteiger partial charge is 0.268 e. The number of carbonyl (C=O) groups is 2. The number of nitrogens with zero attached hydrogens (tertiary/aromatic N) is 1. The van der Waals surface area contributed by atoms with E-state index in [1.54, 1.807) is 43.5 Å². The van der Waals surface area contributed by atoms with E-state index >= 15 is 0 Å². The second kappa shape index (κ2) is 7.98. The average Bonchev–Trinajstić information content (AvgIpc) is 2.88. The molecule has 0 spiro atoms. The van der Waals surface area contributed by atoms with Gasteiger partial charge in [0.15, 0.2) is 0 Å². The Bertz CT molecular complexity index is 860. The summed E-state index contributed by atoms with van der Waals surface area (Å²) in [7, 11) is 1.59. The summed E-state index contributed by atoms with van der Waals surface area (Å²) in [6, 6.07) is 14.4. The molecule has 0 unspecified atom stereocenters.